The van der Waals surface area contributed by atoms with Gasteiger partial charge < -0.3 is 55.1 Å². The molecule has 2 aromatic heterocycles. The van der Waals surface area contributed by atoms with Gasteiger partial charge >= 0.3 is 29.4 Å². The summed E-state index contributed by atoms with van der Waals surface area (Å²) in [4.78, 5) is 85.8. The minimum atomic E-state index is -5.56. The number of hydrogen-bond acceptors (Lipinski definition) is 19. The lowest BCUT2D eigenvalue weighted by atomic mass is 9.87. The van der Waals surface area contributed by atoms with E-state index >= 15 is 0 Å². The Morgan fingerprint density at radius 1 is 1.08 bits per heavy atom. The molecule has 0 aromatic carbocycles. The summed E-state index contributed by atoms with van der Waals surface area (Å²) in [5.74, 6) is -1.70. The van der Waals surface area contributed by atoms with Crippen molar-refractivity contribution in [2.75, 3.05) is 37.8 Å². The molecule has 294 valence electrons. The fourth-order valence-electron chi connectivity index (χ4n) is 4.30. The van der Waals surface area contributed by atoms with Crippen molar-refractivity contribution in [1.29, 1.82) is 0 Å². The lowest BCUT2D eigenvalue weighted by molar-refractivity contribution is -0.137. The number of nitrogens with one attached hydrogen (secondary N) is 2. The number of nitrogens with zero attached hydrogens (tertiary/aromatic N) is 4. The number of rotatable bonds is 20. The van der Waals surface area contributed by atoms with E-state index < -0.39 is 90.5 Å². The molecule has 3 unspecified atom stereocenters. The van der Waals surface area contributed by atoms with Crippen LogP contribution in [0.25, 0.3) is 11.2 Å². The Kier molecular flexibility index (Phi) is 15.3. The largest absolute Gasteiger partial charge is 0.481 e. The van der Waals surface area contributed by atoms with Crippen LogP contribution in [0.3, 0.4) is 0 Å². The molecule has 7 atom stereocenters. The van der Waals surface area contributed by atoms with E-state index in [1.165, 1.54) is 20.8 Å². The summed E-state index contributed by atoms with van der Waals surface area (Å²) in [6, 6.07) is 0. The average Bonchev–Trinajstić information content (AvgIpc) is 3.58. The molecule has 10 N–H and O–H groups in total. The van der Waals surface area contributed by atoms with Gasteiger partial charge in [0.2, 0.25) is 11.8 Å². The van der Waals surface area contributed by atoms with Crippen LogP contribution in [0, 0.1) is 5.41 Å². The minimum Gasteiger partial charge on any atom is -0.391 e. The van der Waals surface area contributed by atoms with Gasteiger partial charge in [0.1, 0.15) is 36.3 Å². The number of fused-ring (bicyclic) bond motifs is 1. The number of hydrogen-bond donors (Lipinski definition) is 9. The fourth-order valence-corrected chi connectivity index (χ4v) is 7.56. The number of phosphoric ester groups is 3. The van der Waals surface area contributed by atoms with Crippen molar-refractivity contribution in [2.24, 2.45) is 5.41 Å². The van der Waals surface area contributed by atoms with Gasteiger partial charge in [-0.1, -0.05) is 13.8 Å². The molecule has 2 amide bonds. The second kappa shape index (κ2) is 18.1. The summed E-state index contributed by atoms with van der Waals surface area (Å²) in [6.45, 7) is 1.65. The molecule has 0 saturated carbocycles. The number of phosphoric acid groups is 3. The molecule has 1 fully saturated rings. The van der Waals surface area contributed by atoms with E-state index in [9.17, 15) is 57.9 Å². The SMILES string of the molecule is C[11C](=O)OSCCNC(=O)CCNC(=O)C(O)C(C)(C)COP(=O)(O)OP(=O)(O)OC[C@H]1O[C@@H](n2cnc3c(N)ncnc32)[C@H](O)[C@@H]1OP(=O)(O)O. The van der Waals surface area contributed by atoms with E-state index in [0.717, 1.165) is 29.3 Å². The highest BCUT2D eigenvalue weighted by Crippen LogP contribution is 2.61. The first-order valence-corrected chi connectivity index (χ1v) is 20.1. The van der Waals surface area contributed by atoms with Crippen molar-refractivity contribution in [3.63, 3.8) is 0 Å². The molecule has 0 bridgehead atoms. The van der Waals surface area contributed by atoms with Gasteiger partial charge in [-0.2, -0.15) is 4.31 Å². The third kappa shape index (κ3) is 13.0. The number of aliphatic hydroxyl groups excluding tert-OH is 2. The molecule has 3 rings (SSSR count). The smallest absolute Gasteiger partial charge is 0.391 e. The van der Waals surface area contributed by atoms with Crippen LogP contribution in [0.1, 0.15) is 33.4 Å². The number of carbonyl (C=O) groups excluding carboxylic acids is 3. The van der Waals surface area contributed by atoms with Crippen LogP contribution in [0.2, 0.25) is 0 Å². The lowest BCUT2D eigenvalue weighted by Gasteiger charge is -2.30. The number of carbonyl (C=O) groups is 3. The second-order valence-corrected chi connectivity index (χ2v) is 16.5. The molecule has 0 aliphatic carbocycles. The van der Waals surface area contributed by atoms with Crippen molar-refractivity contribution >= 4 is 70.3 Å². The molecule has 1 aliphatic rings. The van der Waals surface area contributed by atoms with E-state index in [4.69, 9.17) is 19.5 Å². The third-order valence-electron chi connectivity index (χ3n) is 6.76. The zero-order chi connectivity index (χ0) is 39.1. The maximum Gasteiger partial charge on any atom is 0.481 e. The second-order valence-electron chi connectivity index (χ2n) is 11.5. The number of imidazole rings is 1. The monoisotopic (exact) mass is 824 g/mol. The van der Waals surface area contributed by atoms with Crippen LogP contribution >= 0.6 is 35.5 Å². The van der Waals surface area contributed by atoms with Gasteiger partial charge in [0, 0.05) is 37.6 Å². The normalized spacial score (nSPS) is 22.3. The highest BCUT2D eigenvalue weighted by Gasteiger charge is 2.50. The zero-order valence-corrected chi connectivity index (χ0v) is 31.0. The van der Waals surface area contributed by atoms with Crippen molar-refractivity contribution in [2.45, 2.75) is 57.8 Å². The van der Waals surface area contributed by atoms with Gasteiger partial charge in [-0.25, -0.2) is 28.6 Å². The Morgan fingerprint density at radius 2 is 1.75 bits per heavy atom. The van der Waals surface area contributed by atoms with Crippen molar-refractivity contribution in [3.05, 3.63) is 12.7 Å². The summed E-state index contributed by atoms with van der Waals surface area (Å²) < 4.78 is 66.5. The van der Waals surface area contributed by atoms with Gasteiger partial charge in [-0.3, -0.25) is 32.5 Å². The van der Waals surface area contributed by atoms with Gasteiger partial charge in [0.15, 0.2) is 17.7 Å². The predicted octanol–water partition coefficient (Wildman–Crippen LogP) is -1.38. The highest BCUT2D eigenvalue weighted by atomic mass is 32.2. The number of nitrogens with two attached hydrogens (primary N) is 1. The van der Waals surface area contributed by atoms with E-state index in [-0.39, 0.29) is 42.2 Å². The minimum absolute atomic E-state index is 0.0285. The first kappa shape index (κ1) is 43.8. The summed E-state index contributed by atoms with van der Waals surface area (Å²) in [5, 5.41) is 26.2. The fraction of sp³-hybridized carbons (Fsp3) is 0.652. The zero-order valence-electron chi connectivity index (χ0n) is 27.5. The molecular formula is C23H38N7O18P3S. The lowest BCUT2D eigenvalue weighted by Crippen LogP contribution is -2.46. The first-order chi connectivity index (χ1) is 24.0. The number of aliphatic hydroxyl groups is 2. The third-order valence-corrected chi connectivity index (χ3v) is 10.6. The van der Waals surface area contributed by atoms with Crippen LogP contribution in [0.5, 0.6) is 0 Å². The van der Waals surface area contributed by atoms with Crippen LogP contribution in [-0.2, 0) is 54.9 Å². The Balaban J connectivity index is 1.53. The predicted molar refractivity (Wildman–Crippen MR) is 174 cm³/mol. The molecule has 2 aromatic rings. The van der Waals surface area contributed by atoms with E-state index in [2.05, 4.69) is 38.6 Å². The molecule has 1 saturated heterocycles. The van der Waals surface area contributed by atoms with Gasteiger partial charge in [-0.15, -0.1) is 0 Å². The molecule has 3 heterocycles. The quantitative estimate of drug-likeness (QED) is 0.0422. The Bertz CT molecular complexity index is 1730. The molecule has 29 heteroatoms. The van der Waals surface area contributed by atoms with Crippen LogP contribution < -0.4 is 16.4 Å². The van der Waals surface area contributed by atoms with Crippen molar-refractivity contribution in [1.82, 2.24) is 30.2 Å². The Morgan fingerprint density at radius 3 is 2.40 bits per heavy atom. The van der Waals surface area contributed by atoms with Crippen LogP contribution in [0.4, 0.5) is 5.82 Å². The molecule has 1 aliphatic heterocycles. The molecule has 25 nitrogen and oxygen atoms in total. The van der Waals surface area contributed by atoms with Gasteiger partial charge in [0.25, 0.3) is 0 Å². The average molecular weight is 825 g/mol. The number of ether oxygens (including phenoxy) is 1. The number of amides is 2. The maximum absolute atomic E-state index is 12.6. The maximum atomic E-state index is 12.6. The van der Waals surface area contributed by atoms with Crippen molar-refractivity contribution < 1.29 is 84.7 Å². The summed E-state index contributed by atoms with van der Waals surface area (Å²) >= 11 is 0.845. The molecule has 0 radical (unpaired) electrons. The van der Waals surface area contributed by atoms with E-state index in [1.807, 2.05) is 0 Å². The molecular weight excluding hydrogens is 786 g/mol. The Labute approximate surface area is 298 Å². The summed E-state index contributed by atoms with van der Waals surface area (Å²) in [6.07, 6.45) is -6.93. The van der Waals surface area contributed by atoms with Crippen molar-refractivity contribution in [3.8, 4) is 0 Å². The first-order valence-electron chi connectivity index (χ1n) is 14.7. The van der Waals surface area contributed by atoms with E-state index in [0.29, 0.717) is 0 Å². The van der Waals surface area contributed by atoms with Gasteiger partial charge in [0.05, 0.1) is 31.6 Å². The standard InChI is InChI=1S/C23H38N7O18P3S/c1-12(31)47-52-7-6-25-14(32)4-5-26-21(35)18(34)23(2,3)9-44-51(41,42)48-50(39,40)43-8-13-17(46-49(36,37)38)16(33)22(45-13)30-11-29-15-19(24)27-10-28-20(15)30/h10-11,13,16-18,22,33-34H,4-9H2,1-3H3,(H,25,32)(H,26,35)(H,39,40)(H,41,42)(H2,24,27,28)(H2,36,37,38)/t13-,16-,17-,18?,22-/m1/s1/i12-1. The van der Waals surface area contributed by atoms with Gasteiger partial charge in [-0.05, 0) is 0 Å². The number of aromatic nitrogens is 4. The summed E-state index contributed by atoms with van der Waals surface area (Å²) in [5.41, 5.74) is 4.25. The summed E-state index contributed by atoms with van der Waals surface area (Å²) in [7, 11) is -16.4. The topological polar surface area (TPSA) is 373 Å². The highest BCUT2D eigenvalue weighted by molar-refractivity contribution is 7.95. The molecule has 52 heavy (non-hydrogen) atoms. The Hall–Kier alpha value is -2.64. The van der Waals surface area contributed by atoms with E-state index in [1.54, 1.807) is 0 Å². The van der Waals surface area contributed by atoms with Crippen LogP contribution in [0.15, 0.2) is 12.7 Å². The molecule has 0 spiro atoms. The number of nitrogen functional groups attached to an aromatic ring is 1. The van der Waals surface area contributed by atoms with Crippen LogP contribution in [-0.4, -0.2) is 124 Å². The number of anilines is 1.